The zero-order valence-electron chi connectivity index (χ0n) is 13.4. The number of amides is 1. The van der Waals surface area contributed by atoms with Gasteiger partial charge in [-0.3, -0.25) is 9.69 Å². The van der Waals surface area contributed by atoms with Crippen LogP contribution in [0.4, 0.5) is 18.9 Å². The van der Waals surface area contributed by atoms with Gasteiger partial charge in [0.1, 0.15) is 0 Å². The van der Waals surface area contributed by atoms with E-state index in [1.54, 1.807) is 30.5 Å². The molecule has 0 aromatic heterocycles. The maximum absolute atomic E-state index is 13.0. The van der Waals surface area contributed by atoms with E-state index in [4.69, 9.17) is 5.11 Å². The third-order valence-corrected chi connectivity index (χ3v) is 4.67. The Hall–Kier alpha value is -2.74. The van der Waals surface area contributed by atoms with E-state index in [9.17, 15) is 22.8 Å². The van der Waals surface area contributed by atoms with Crippen molar-refractivity contribution in [3.63, 3.8) is 0 Å². The van der Waals surface area contributed by atoms with Crippen molar-refractivity contribution in [2.45, 2.75) is 11.1 Å². The number of hydrogen-bond donors (Lipinski definition) is 1. The Morgan fingerprint density at radius 3 is 2.46 bits per heavy atom. The number of nitrogens with zero attached hydrogens (tertiary/aromatic N) is 1. The summed E-state index contributed by atoms with van der Waals surface area (Å²) in [6.45, 7) is 0. The van der Waals surface area contributed by atoms with E-state index >= 15 is 0 Å². The molecule has 8 heteroatoms. The minimum absolute atomic E-state index is 0.0291. The number of para-hydroxylation sites is 1. The number of aliphatic carboxylic acids is 1. The van der Waals surface area contributed by atoms with E-state index in [1.807, 2.05) is 0 Å². The third-order valence-electron chi connectivity index (χ3n) is 3.88. The lowest BCUT2D eigenvalue weighted by Gasteiger charge is -2.20. The van der Waals surface area contributed by atoms with Crippen molar-refractivity contribution in [3.05, 3.63) is 65.2 Å². The average Bonchev–Trinajstić information content (AvgIpc) is 2.85. The van der Waals surface area contributed by atoms with Gasteiger partial charge in [0.15, 0.2) is 0 Å². The first-order valence-corrected chi connectivity index (χ1v) is 8.60. The monoisotopic (exact) mass is 379 g/mol. The average molecular weight is 379 g/mol. The molecule has 2 aromatic carbocycles. The number of alkyl halides is 3. The molecule has 2 aromatic rings. The van der Waals surface area contributed by atoms with Crippen LogP contribution in [0.1, 0.15) is 21.5 Å². The quantitative estimate of drug-likeness (QED) is 0.630. The molecule has 26 heavy (non-hydrogen) atoms. The molecule has 0 saturated heterocycles. The summed E-state index contributed by atoms with van der Waals surface area (Å²) in [6, 6.07) is 9.50. The number of carboxylic acids is 1. The number of fused-ring (bicyclic) bond motifs is 1. The van der Waals surface area contributed by atoms with E-state index in [0.717, 1.165) is 29.2 Å². The minimum Gasteiger partial charge on any atom is -0.478 e. The Balaban J connectivity index is 2.24. The van der Waals surface area contributed by atoms with Crippen molar-refractivity contribution >= 4 is 35.0 Å². The predicted octanol–water partition coefficient (Wildman–Crippen LogP) is 4.51. The van der Waals surface area contributed by atoms with Gasteiger partial charge in [-0.2, -0.15) is 13.2 Å². The fourth-order valence-electron chi connectivity index (χ4n) is 2.78. The van der Waals surface area contributed by atoms with E-state index in [1.165, 1.54) is 11.8 Å². The van der Waals surface area contributed by atoms with Crippen LogP contribution in [0.25, 0.3) is 5.70 Å². The number of halogens is 3. The number of benzene rings is 2. The number of carbonyl (C=O) groups excluding carboxylic acids is 1. The van der Waals surface area contributed by atoms with Gasteiger partial charge in [0, 0.05) is 22.1 Å². The normalized spacial score (nSPS) is 15.5. The smallest absolute Gasteiger partial charge is 0.416 e. The summed E-state index contributed by atoms with van der Waals surface area (Å²) in [5.74, 6) is -1.92. The molecule has 0 fully saturated rings. The molecule has 0 bridgehead atoms. The van der Waals surface area contributed by atoms with Gasteiger partial charge in [0.25, 0.3) is 5.91 Å². The molecule has 0 unspecified atom stereocenters. The fraction of sp³-hybridized carbons (Fsp3) is 0.111. The van der Waals surface area contributed by atoms with E-state index < -0.39 is 23.6 Å². The second-order valence-corrected chi connectivity index (χ2v) is 6.29. The molecule has 0 radical (unpaired) electrons. The summed E-state index contributed by atoms with van der Waals surface area (Å²) in [5, 5.41) is 9.16. The van der Waals surface area contributed by atoms with Gasteiger partial charge in [-0.25, -0.2) is 4.79 Å². The summed E-state index contributed by atoms with van der Waals surface area (Å²) < 4.78 is 39.1. The van der Waals surface area contributed by atoms with Gasteiger partial charge in [-0.05, 0) is 36.6 Å². The molecule has 0 atom stereocenters. The lowest BCUT2D eigenvalue weighted by atomic mass is 10.0. The van der Waals surface area contributed by atoms with Crippen LogP contribution in [0.3, 0.4) is 0 Å². The second kappa shape index (κ2) is 6.53. The SMILES string of the molecule is CSc1ccccc1N1C(=O)c2ccc(C(F)(F)F)cc2C1=CC(=O)O. The highest BCUT2D eigenvalue weighted by Gasteiger charge is 2.38. The summed E-state index contributed by atoms with van der Waals surface area (Å²) in [6.07, 6.45) is -2.06. The molecule has 1 N–H and O–H groups in total. The Morgan fingerprint density at radius 1 is 1.15 bits per heavy atom. The highest BCUT2D eigenvalue weighted by atomic mass is 32.2. The number of carboxylic acid groups (broad SMARTS) is 1. The Labute approximate surface area is 150 Å². The molecule has 1 aliphatic rings. The number of rotatable bonds is 3. The van der Waals surface area contributed by atoms with Crippen molar-refractivity contribution in [3.8, 4) is 0 Å². The highest BCUT2D eigenvalue weighted by molar-refractivity contribution is 7.98. The van der Waals surface area contributed by atoms with Crippen molar-refractivity contribution in [2.75, 3.05) is 11.2 Å². The topological polar surface area (TPSA) is 57.6 Å². The molecule has 0 spiro atoms. The zero-order valence-corrected chi connectivity index (χ0v) is 14.2. The largest absolute Gasteiger partial charge is 0.478 e. The van der Waals surface area contributed by atoms with Crippen molar-refractivity contribution in [1.29, 1.82) is 0 Å². The van der Waals surface area contributed by atoms with Crippen LogP contribution in [-0.2, 0) is 11.0 Å². The van der Waals surface area contributed by atoms with E-state index in [-0.39, 0.29) is 16.8 Å². The van der Waals surface area contributed by atoms with Crippen LogP contribution < -0.4 is 4.90 Å². The molecule has 0 saturated carbocycles. The van der Waals surface area contributed by atoms with Crippen LogP contribution in [0.15, 0.2) is 53.4 Å². The fourth-order valence-corrected chi connectivity index (χ4v) is 3.37. The van der Waals surface area contributed by atoms with E-state index in [2.05, 4.69) is 0 Å². The molecule has 3 rings (SSSR count). The highest BCUT2D eigenvalue weighted by Crippen LogP contribution is 2.42. The Bertz CT molecular complexity index is 938. The first-order chi connectivity index (χ1) is 12.2. The molecule has 4 nitrogen and oxygen atoms in total. The Kier molecular flexibility index (Phi) is 4.53. The predicted molar refractivity (Wildman–Crippen MR) is 92.1 cm³/mol. The summed E-state index contributed by atoms with van der Waals surface area (Å²) in [4.78, 5) is 25.9. The molecule has 1 aliphatic heterocycles. The van der Waals surface area contributed by atoms with Gasteiger partial charge in [0.05, 0.1) is 16.9 Å². The Morgan fingerprint density at radius 2 is 1.85 bits per heavy atom. The number of anilines is 1. The number of hydrogen-bond acceptors (Lipinski definition) is 3. The number of thioether (sulfide) groups is 1. The van der Waals surface area contributed by atoms with Gasteiger partial charge >= 0.3 is 12.1 Å². The van der Waals surface area contributed by atoms with Crippen molar-refractivity contribution < 1.29 is 27.9 Å². The van der Waals surface area contributed by atoms with Crippen molar-refractivity contribution in [2.24, 2.45) is 0 Å². The van der Waals surface area contributed by atoms with Crippen LogP contribution >= 0.6 is 11.8 Å². The number of carbonyl (C=O) groups is 2. The van der Waals surface area contributed by atoms with Crippen LogP contribution in [-0.4, -0.2) is 23.2 Å². The van der Waals surface area contributed by atoms with Crippen LogP contribution in [0, 0.1) is 0 Å². The van der Waals surface area contributed by atoms with Gasteiger partial charge in [0.2, 0.25) is 0 Å². The van der Waals surface area contributed by atoms with Crippen molar-refractivity contribution in [1.82, 2.24) is 0 Å². The summed E-state index contributed by atoms with van der Waals surface area (Å²) >= 11 is 1.34. The van der Waals surface area contributed by atoms with Crippen LogP contribution in [0.2, 0.25) is 0 Å². The molecular formula is C18H12F3NO3S. The van der Waals surface area contributed by atoms with Gasteiger partial charge in [-0.1, -0.05) is 12.1 Å². The molecular weight excluding hydrogens is 367 g/mol. The molecule has 1 amide bonds. The summed E-state index contributed by atoms with van der Waals surface area (Å²) in [7, 11) is 0. The first kappa shape index (κ1) is 18.1. The maximum Gasteiger partial charge on any atom is 0.416 e. The standard InChI is InChI=1S/C18H12F3NO3S/c1-26-15-5-3-2-4-13(15)22-14(9-16(23)24)12-8-10(18(19,20)21)6-7-11(12)17(22)25/h2-9H,1H3,(H,23,24). The first-order valence-electron chi connectivity index (χ1n) is 7.37. The molecule has 134 valence electrons. The second-order valence-electron chi connectivity index (χ2n) is 5.44. The minimum atomic E-state index is -4.60. The molecule has 0 aliphatic carbocycles. The summed E-state index contributed by atoms with van der Waals surface area (Å²) in [5.41, 5.74) is -0.641. The van der Waals surface area contributed by atoms with Gasteiger partial charge < -0.3 is 5.11 Å². The van der Waals surface area contributed by atoms with Gasteiger partial charge in [-0.15, -0.1) is 11.8 Å². The lowest BCUT2D eigenvalue weighted by Crippen LogP contribution is -2.23. The lowest BCUT2D eigenvalue weighted by molar-refractivity contribution is -0.137. The van der Waals surface area contributed by atoms with E-state index in [0.29, 0.717) is 10.6 Å². The zero-order chi connectivity index (χ0) is 19.1. The third kappa shape index (κ3) is 3.08. The molecule has 1 heterocycles. The maximum atomic E-state index is 13.0. The van der Waals surface area contributed by atoms with Crippen LogP contribution in [0.5, 0.6) is 0 Å².